The summed E-state index contributed by atoms with van der Waals surface area (Å²) in [4.78, 5) is 10.2. The molecule has 1 aliphatic heterocycles. The molecule has 0 aliphatic carbocycles. The van der Waals surface area contributed by atoms with Crippen LogP contribution in [0.4, 0.5) is 0 Å². The smallest absolute Gasteiger partial charge is 1.00 e. The van der Waals surface area contributed by atoms with Gasteiger partial charge in [0.05, 0.1) is 56.1 Å². The summed E-state index contributed by atoms with van der Waals surface area (Å²) in [6.07, 6.45) is 4.64. The second kappa shape index (κ2) is 16.9. The zero-order valence-corrected chi connectivity index (χ0v) is 30.9. The summed E-state index contributed by atoms with van der Waals surface area (Å²) in [7, 11) is 4.84. The molecule has 3 aromatic rings. The van der Waals surface area contributed by atoms with Crippen molar-refractivity contribution < 1.29 is 41.3 Å². The first kappa shape index (κ1) is 41.5. The molecule has 2 unspecified atom stereocenters. The Morgan fingerprint density at radius 3 is 1.55 bits per heavy atom. The van der Waals surface area contributed by atoms with Crippen LogP contribution in [0.5, 0.6) is 0 Å². The molecule has 3 aromatic heterocycles. The van der Waals surface area contributed by atoms with E-state index in [2.05, 4.69) is 47.2 Å². The van der Waals surface area contributed by atoms with Crippen LogP contribution in [0.15, 0.2) is 27.5 Å². The average Bonchev–Trinajstić information content (AvgIpc) is 3.48. The Kier molecular flexibility index (Phi) is 17.5. The maximum Gasteiger partial charge on any atom is 2.00 e. The predicted molar refractivity (Wildman–Crippen MR) is 160 cm³/mol. The van der Waals surface area contributed by atoms with Crippen LogP contribution in [0.2, 0.25) is 0 Å². The summed E-state index contributed by atoms with van der Waals surface area (Å²) in [5, 5.41) is 31.0. The number of aliphatic hydroxyl groups is 2. The normalized spacial score (nSPS) is 16.1. The third-order valence-corrected chi connectivity index (χ3v) is 7.52. The van der Waals surface area contributed by atoms with E-state index in [9.17, 15) is 15.0 Å². The Balaban J connectivity index is 0. The van der Waals surface area contributed by atoms with Gasteiger partial charge in [-0.1, -0.05) is 0 Å². The SMILES string of the molecule is CC(O)c1c(B2OC(C)(C)C(C)(C)O2)cnn1C.CC(O)c1c(Br)cnn1C.Cn1ncc(Br)c1C=O.[Br-].[CH3-].[Mg+2]. The third-order valence-electron chi connectivity index (χ3n) is 6.30. The van der Waals surface area contributed by atoms with Crippen LogP contribution in [0, 0.1) is 7.43 Å². The minimum absolute atomic E-state index is 0. The molecular formula is C24H38BBr3MgN6O5. The van der Waals surface area contributed by atoms with E-state index in [0.717, 1.165) is 32.1 Å². The molecule has 0 aromatic carbocycles. The quantitative estimate of drug-likeness (QED) is 0.217. The molecule has 40 heavy (non-hydrogen) atoms. The molecule has 2 atom stereocenters. The van der Waals surface area contributed by atoms with Gasteiger partial charge in [-0.25, -0.2) is 0 Å². The Bertz CT molecular complexity index is 1160. The van der Waals surface area contributed by atoms with Crippen LogP contribution >= 0.6 is 31.9 Å². The van der Waals surface area contributed by atoms with Gasteiger partial charge in [0, 0.05) is 32.8 Å². The first-order chi connectivity index (χ1) is 17.0. The van der Waals surface area contributed by atoms with Crippen LogP contribution in [0.25, 0.3) is 0 Å². The van der Waals surface area contributed by atoms with Gasteiger partial charge in [0.1, 0.15) is 5.69 Å². The molecule has 0 bridgehead atoms. The standard InChI is InChI=1S/C12H21BN2O3.C6H9BrN2O.C5H5BrN2O.CH3.BrH.Mg/c1-8(16)10-9(7-14-15(10)6)13-17-11(2,3)12(4,5)18-13;1-4(10)6-5(7)3-8-9(6)2;1-8-5(3-9)4(6)2-7-8;;;/h7-8,16H,1-6H3;3-4,10H,1-2H3;2-3H,1H3;1H3;1H;/q;;;-1;;+2/p-1. The third kappa shape index (κ3) is 9.73. The summed E-state index contributed by atoms with van der Waals surface area (Å²) >= 11 is 6.44. The van der Waals surface area contributed by atoms with Crippen molar-refractivity contribution in [1.29, 1.82) is 0 Å². The van der Waals surface area contributed by atoms with Crippen molar-refractivity contribution in [2.75, 3.05) is 0 Å². The van der Waals surface area contributed by atoms with Crippen molar-refractivity contribution in [1.82, 2.24) is 29.3 Å². The summed E-state index contributed by atoms with van der Waals surface area (Å²) in [5.74, 6) is 0. The average molecular weight is 765 g/mol. The van der Waals surface area contributed by atoms with Gasteiger partial charge in [0.2, 0.25) is 0 Å². The summed E-state index contributed by atoms with van der Waals surface area (Å²) in [5.41, 5.74) is 2.13. The number of carbonyl (C=O) groups excluding carboxylic acids is 1. The number of rotatable bonds is 4. The second-order valence-electron chi connectivity index (χ2n) is 9.67. The summed E-state index contributed by atoms with van der Waals surface area (Å²) in [6.45, 7) is 11.4. The minimum Gasteiger partial charge on any atom is -1.00 e. The van der Waals surface area contributed by atoms with Crippen LogP contribution in [-0.4, -0.2) is 87.2 Å². The van der Waals surface area contributed by atoms with Crippen LogP contribution in [-0.2, 0) is 30.5 Å². The Hall–Kier alpha value is -0.589. The summed E-state index contributed by atoms with van der Waals surface area (Å²) in [6, 6.07) is 0. The van der Waals surface area contributed by atoms with E-state index in [4.69, 9.17) is 9.31 Å². The molecule has 16 heteroatoms. The van der Waals surface area contributed by atoms with Gasteiger partial charge in [0.25, 0.3) is 0 Å². The van der Waals surface area contributed by atoms with Crippen LogP contribution in [0.3, 0.4) is 0 Å². The van der Waals surface area contributed by atoms with E-state index in [1.807, 2.05) is 27.7 Å². The second-order valence-corrected chi connectivity index (χ2v) is 11.4. The van der Waals surface area contributed by atoms with E-state index in [1.165, 1.54) is 4.68 Å². The van der Waals surface area contributed by atoms with Crippen molar-refractivity contribution >= 4 is 73.8 Å². The van der Waals surface area contributed by atoms with Crippen molar-refractivity contribution in [2.45, 2.75) is 65.0 Å². The largest absolute Gasteiger partial charge is 2.00 e. The van der Waals surface area contributed by atoms with Crippen molar-refractivity contribution in [3.05, 3.63) is 52.0 Å². The Morgan fingerprint density at radius 2 is 1.25 bits per heavy atom. The van der Waals surface area contributed by atoms with Gasteiger partial charge >= 0.3 is 30.2 Å². The van der Waals surface area contributed by atoms with Gasteiger partial charge in [0.15, 0.2) is 6.29 Å². The Morgan fingerprint density at radius 1 is 0.850 bits per heavy atom. The number of hydrogen-bond acceptors (Lipinski definition) is 8. The van der Waals surface area contributed by atoms with E-state index in [-0.39, 0.29) is 58.7 Å². The zero-order valence-electron chi connectivity index (χ0n) is 24.7. The number of carbonyl (C=O) groups is 1. The molecular weight excluding hydrogens is 727 g/mol. The maximum atomic E-state index is 10.2. The van der Waals surface area contributed by atoms with Crippen LogP contribution in [0.1, 0.15) is 75.6 Å². The predicted octanol–water partition coefficient (Wildman–Crippen LogP) is 0.0771. The van der Waals surface area contributed by atoms with E-state index in [0.29, 0.717) is 5.69 Å². The number of hydrogen-bond donors (Lipinski definition) is 2. The number of aldehydes is 1. The zero-order chi connectivity index (χ0) is 28.3. The molecule has 1 aliphatic rings. The molecule has 4 rings (SSSR count). The molecule has 0 radical (unpaired) electrons. The van der Waals surface area contributed by atoms with Gasteiger partial charge in [-0.2, -0.15) is 15.3 Å². The molecule has 220 valence electrons. The van der Waals surface area contributed by atoms with E-state index >= 15 is 0 Å². The van der Waals surface area contributed by atoms with Gasteiger partial charge in [-0.05, 0) is 73.4 Å². The molecule has 0 saturated carbocycles. The van der Waals surface area contributed by atoms with Gasteiger partial charge in [-0.15, -0.1) is 0 Å². The van der Waals surface area contributed by atoms with Gasteiger partial charge < -0.3 is 43.9 Å². The number of nitrogens with zero attached hydrogens (tertiary/aromatic N) is 6. The van der Waals surface area contributed by atoms with Crippen molar-refractivity contribution in [3.63, 3.8) is 0 Å². The molecule has 1 fully saturated rings. The number of aryl methyl sites for hydroxylation is 3. The fourth-order valence-corrected chi connectivity index (χ4v) is 4.69. The maximum absolute atomic E-state index is 10.2. The molecule has 0 spiro atoms. The minimum atomic E-state index is -0.605. The fraction of sp³-hybridized carbons (Fsp3) is 0.542. The number of aromatic nitrogens is 6. The molecule has 0 amide bonds. The monoisotopic (exact) mass is 762 g/mol. The van der Waals surface area contributed by atoms with Crippen LogP contribution < -0.4 is 22.4 Å². The number of aliphatic hydroxyl groups excluding tert-OH is 2. The number of halogens is 3. The first-order valence-corrected chi connectivity index (χ1v) is 13.2. The van der Waals surface area contributed by atoms with Crippen molar-refractivity contribution in [3.8, 4) is 0 Å². The van der Waals surface area contributed by atoms with Gasteiger partial charge in [-0.3, -0.25) is 18.8 Å². The molecule has 11 nitrogen and oxygen atoms in total. The first-order valence-electron chi connectivity index (χ1n) is 11.6. The van der Waals surface area contributed by atoms with E-state index in [1.54, 1.807) is 62.9 Å². The van der Waals surface area contributed by atoms with E-state index < -0.39 is 19.3 Å². The van der Waals surface area contributed by atoms with Crippen molar-refractivity contribution in [2.24, 2.45) is 21.1 Å². The Labute approximate surface area is 280 Å². The molecule has 4 heterocycles. The molecule has 2 N–H and O–H groups in total. The molecule has 1 saturated heterocycles. The summed E-state index contributed by atoms with van der Waals surface area (Å²) < 4.78 is 18.3. The topological polar surface area (TPSA) is 129 Å². The fourth-order valence-electron chi connectivity index (χ4n) is 3.57.